The van der Waals surface area contributed by atoms with E-state index in [-0.39, 0.29) is 16.9 Å². The van der Waals surface area contributed by atoms with E-state index in [0.29, 0.717) is 5.75 Å². The molecule has 1 atom stereocenters. The second-order valence-corrected chi connectivity index (χ2v) is 10.9. The summed E-state index contributed by atoms with van der Waals surface area (Å²) < 4.78 is 17.7. The molecule has 1 N–H and O–H groups in total. The van der Waals surface area contributed by atoms with Crippen LogP contribution in [0.4, 0.5) is 0 Å². The van der Waals surface area contributed by atoms with Crippen LogP contribution in [-0.2, 0) is 30.3 Å². The topological polar surface area (TPSA) is 49.8 Å². The average molecular weight is 416 g/mol. The maximum Gasteiger partial charge on any atom is 0.161 e. The number of phenols is 1. The molecule has 2 aromatic rings. The van der Waals surface area contributed by atoms with Gasteiger partial charge in [0.25, 0.3) is 0 Å². The molecule has 2 aromatic carbocycles. The molecule has 5 heteroatoms. The van der Waals surface area contributed by atoms with Crippen LogP contribution < -0.4 is 4.74 Å². The fourth-order valence-corrected chi connectivity index (χ4v) is 4.28. The van der Waals surface area contributed by atoms with Gasteiger partial charge in [-0.05, 0) is 88.4 Å². The summed E-state index contributed by atoms with van der Waals surface area (Å²) >= 11 is 0. The lowest BCUT2D eigenvalue weighted by Gasteiger charge is -2.35. The summed E-state index contributed by atoms with van der Waals surface area (Å²) in [6.07, 6.45) is 3.63. The molecule has 0 amide bonds. The van der Waals surface area contributed by atoms with E-state index in [2.05, 4.69) is 30.9 Å². The van der Waals surface area contributed by atoms with Crippen molar-refractivity contribution in [3.63, 3.8) is 0 Å². The monoisotopic (exact) mass is 415 g/mol. The van der Waals surface area contributed by atoms with Gasteiger partial charge in [-0.15, -0.1) is 0 Å². The van der Waals surface area contributed by atoms with Gasteiger partial charge in [0, 0.05) is 40.6 Å². The minimum absolute atomic E-state index is 0.0213. The third-order valence-corrected chi connectivity index (χ3v) is 6.47. The highest BCUT2D eigenvalue weighted by Gasteiger charge is 2.31. The molecule has 3 rings (SSSR count). The Labute approximate surface area is 177 Å². The number of aromatic hydroxyl groups is 1. The van der Waals surface area contributed by atoms with Crippen LogP contribution in [-0.4, -0.2) is 31.6 Å². The second kappa shape index (κ2) is 8.11. The van der Waals surface area contributed by atoms with E-state index in [1.165, 1.54) is 11.1 Å². The molecule has 29 heavy (non-hydrogen) atoms. The largest absolute Gasteiger partial charge is 0.504 e. The van der Waals surface area contributed by atoms with Gasteiger partial charge in [0.2, 0.25) is 0 Å². The minimum Gasteiger partial charge on any atom is -0.504 e. The van der Waals surface area contributed by atoms with Gasteiger partial charge in [-0.3, -0.25) is 9.11 Å². The Balaban J connectivity index is 1.67. The molecule has 0 spiro atoms. The van der Waals surface area contributed by atoms with E-state index in [1.807, 2.05) is 39.0 Å². The molecule has 0 bridgehead atoms. The molecule has 0 saturated heterocycles. The van der Waals surface area contributed by atoms with Crippen LogP contribution in [0.25, 0.3) is 0 Å². The van der Waals surface area contributed by atoms with E-state index in [4.69, 9.17) is 4.74 Å². The number of aryl methyl sites for hydroxylation is 1. The Bertz CT molecular complexity index is 915. The smallest absolute Gasteiger partial charge is 0.161 e. The highest BCUT2D eigenvalue weighted by molar-refractivity contribution is 7.84. The van der Waals surface area contributed by atoms with Crippen molar-refractivity contribution in [2.24, 2.45) is 0 Å². The fourth-order valence-electron chi connectivity index (χ4n) is 3.71. The highest BCUT2D eigenvalue weighted by Crippen LogP contribution is 2.34. The zero-order valence-corrected chi connectivity index (χ0v) is 19.2. The summed E-state index contributed by atoms with van der Waals surface area (Å²) in [4.78, 5) is 3.39. The van der Waals surface area contributed by atoms with Crippen LogP contribution >= 0.6 is 0 Å². The number of benzene rings is 2. The highest BCUT2D eigenvalue weighted by atomic mass is 32.2. The van der Waals surface area contributed by atoms with Crippen molar-refractivity contribution in [3.8, 4) is 11.5 Å². The van der Waals surface area contributed by atoms with Gasteiger partial charge in [-0.25, -0.2) is 0 Å². The summed E-state index contributed by atoms with van der Waals surface area (Å²) in [6.45, 7) is 12.3. The Morgan fingerprint density at radius 1 is 1.03 bits per heavy atom. The van der Waals surface area contributed by atoms with Crippen LogP contribution in [0.1, 0.15) is 57.7 Å². The fraction of sp³-hybridized carbons (Fsp3) is 0.500. The van der Waals surface area contributed by atoms with Gasteiger partial charge in [0.15, 0.2) is 11.5 Å². The summed E-state index contributed by atoms with van der Waals surface area (Å²) in [5.41, 5.74) is 3.45. The molecular weight excluding hydrogens is 382 g/mol. The van der Waals surface area contributed by atoms with Gasteiger partial charge in [0.1, 0.15) is 5.60 Å². The van der Waals surface area contributed by atoms with E-state index < -0.39 is 10.8 Å². The van der Waals surface area contributed by atoms with Crippen LogP contribution in [0.15, 0.2) is 41.3 Å². The predicted octanol–water partition coefficient (Wildman–Crippen LogP) is 5.03. The first-order valence-corrected chi connectivity index (χ1v) is 11.7. The van der Waals surface area contributed by atoms with Crippen molar-refractivity contribution >= 4 is 10.8 Å². The molecule has 1 unspecified atom stereocenters. The molecule has 1 heterocycles. The van der Waals surface area contributed by atoms with Crippen LogP contribution in [0, 0.1) is 0 Å². The number of hydrogen-bond donors (Lipinski definition) is 1. The second-order valence-electron chi connectivity index (χ2n) is 9.57. The Morgan fingerprint density at radius 3 is 2.38 bits per heavy atom. The minimum atomic E-state index is -0.945. The van der Waals surface area contributed by atoms with E-state index in [9.17, 15) is 9.32 Å². The molecule has 1 aliphatic heterocycles. The van der Waals surface area contributed by atoms with Crippen molar-refractivity contribution < 1.29 is 14.1 Å². The number of hydrogen-bond acceptors (Lipinski definition) is 4. The first-order valence-electron chi connectivity index (χ1n) is 10.2. The number of phenolic OH excluding ortho intramolecular Hbond substituents is 1. The maximum absolute atomic E-state index is 11.8. The maximum atomic E-state index is 11.8. The van der Waals surface area contributed by atoms with E-state index in [1.54, 1.807) is 12.3 Å². The number of nitrogens with zero attached hydrogens (tertiary/aromatic N) is 1. The number of rotatable bonds is 6. The zero-order valence-electron chi connectivity index (χ0n) is 18.4. The van der Waals surface area contributed by atoms with Crippen LogP contribution in [0.2, 0.25) is 0 Å². The van der Waals surface area contributed by atoms with Gasteiger partial charge < -0.3 is 9.84 Å². The first-order chi connectivity index (χ1) is 13.4. The zero-order chi connectivity index (χ0) is 21.4. The number of ether oxygens (including phenoxy) is 1. The normalized spacial score (nSPS) is 15.9. The van der Waals surface area contributed by atoms with Crippen molar-refractivity contribution in [1.29, 1.82) is 0 Å². The summed E-state index contributed by atoms with van der Waals surface area (Å²) in [6, 6.07) is 11.9. The average Bonchev–Trinajstić information content (AvgIpc) is 3.05. The Kier molecular flexibility index (Phi) is 6.11. The van der Waals surface area contributed by atoms with Crippen LogP contribution in [0.5, 0.6) is 11.5 Å². The molecular formula is C24H33NO3S. The molecule has 0 radical (unpaired) electrons. The van der Waals surface area contributed by atoms with Gasteiger partial charge in [-0.1, -0.05) is 12.1 Å². The third-order valence-electron chi connectivity index (χ3n) is 5.55. The van der Waals surface area contributed by atoms with Crippen molar-refractivity contribution in [1.82, 2.24) is 4.90 Å². The van der Waals surface area contributed by atoms with E-state index in [0.717, 1.165) is 36.4 Å². The number of fused-ring (bicyclic) bond motifs is 1. The SMILES string of the molecule is CS(=O)c1ccc2c(c1)CN(C(C)(C)CCc1ccc(O)c(OC(C)(C)C)c1)C2. The van der Waals surface area contributed by atoms with E-state index >= 15 is 0 Å². The summed E-state index contributed by atoms with van der Waals surface area (Å²) in [5, 5.41) is 10.1. The molecule has 0 aliphatic carbocycles. The molecule has 1 aliphatic rings. The van der Waals surface area contributed by atoms with Crippen LogP contribution in [0.3, 0.4) is 0 Å². The third kappa shape index (κ3) is 5.40. The molecule has 158 valence electrons. The predicted molar refractivity (Wildman–Crippen MR) is 119 cm³/mol. The van der Waals surface area contributed by atoms with Crippen molar-refractivity contribution in [2.75, 3.05) is 6.26 Å². The van der Waals surface area contributed by atoms with Crippen molar-refractivity contribution in [3.05, 3.63) is 53.1 Å². The summed E-state index contributed by atoms with van der Waals surface area (Å²) in [5.74, 6) is 0.725. The Hall–Kier alpha value is -1.85. The lowest BCUT2D eigenvalue weighted by atomic mass is 9.93. The first kappa shape index (κ1) is 21.8. The summed E-state index contributed by atoms with van der Waals surface area (Å²) in [7, 11) is -0.945. The standard InChI is InChI=1S/C24H33NO3S/c1-23(2,3)28-22-13-17(7-10-21(22)26)11-12-24(4,5)25-15-18-8-9-20(29(6)27)14-19(18)16-25/h7-10,13-14,26H,11-12,15-16H2,1-6H3. The Morgan fingerprint density at radius 2 is 1.72 bits per heavy atom. The lowest BCUT2D eigenvalue weighted by molar-refractivity contribution is 0.109. The molecule has 0 saturated carbocycles. The van der Waals surface area contributed by atoms with Crippen molar-refractivity contribution in [2.45, 2.75) is 76.6 Å². The van der Waals surface area contributed by atoms with Gasteiger partial charge in [0.05, 0.1) is 0 Å². The quantitative estimate of drug-likeness (QED) is 0.719. The van der Waals surface area contributed by atoms with Gasteiger partial charge >= 0.3 is 0 Å². The lowest BCUT2D eigenvalue weighted by Crippen LogP contribution is -2.40. The molecule has 0 aromatic heterocycles. The van der Waals surface area contributed by atoms with Gasteiger partial charge in [-0.2, -0.15) is 0 Å². The molecule has 4 nitrogen and oxygen atoms in total. The molecule has 0 fully saturated rings.